The van der Waals surface area contributed by atoms with Crippen LogP contribution in [-0.2, 0) is 6.54 Å². The lowest BCUT2D eigenvalue weighted by molar-refractivity contribution is 0.0699. The predicted molar refractivity (Wildman–Crippen MR) is 123 cm³/mol. The summed E-state index contributed by atoms with van der Waals surface area (Å²) in [6, 6.07) is 20.1. The van der Waals surface area contributed by atoms with Gasteiger partial charge in [0.1, 0.15) is 17.5 Å². The molecule has 1 fully saturated rings. The highest BCUT2D eigenvalue weighted by atomic mass is 19.1. The number of nitrogens with one attached hydrogen (secondary N) is 1. The molecule has 1 unspecified atom stereocenters. The molecule has 2 N–H and O–H groups in total. The Morgan fingerprint density at radius 3 is 2.53 bits per heavy atom. The zero-order valence-corrected chi connectivity index (χ0v) is 17.8. The number of halogens is 1. The van der Waals surface area contributed by atoms with Gasteiger partial charge in [0.15, 0.2) is 0 Å². The number of benzene rings is 3. The molecule has 1 saturated heterocycles. The molecule has 1 aliphatic heterocycles. The van der Waals surface area contributed by atoms with Crippen molar-refractivity contribution in [3.8, 4) is 22.3 Å². The van der Waals surface area contributed by atoms with Crippen LogP contribution in [0.4, 0.5) is 4.39 Å². The monoisotopic (exact) mass is 429 g/mol. The molecule has 5 rings (SSSR count). The fraction of sp³-hybridized carbons (Fsp3) is 0.231. The van der Waals surface area contributed by atoms with Crippen molar-refractivity contribution in [2.45, 2.75) is 26.1 Å². The molecule has 0 bridgehead atoms. The van der Waals surface area contributed by atoms with Crippen LogP contribution in [0.5, 0.6) is 0 Å². The zero-order chi connectivity index (χ0) is 22.2. The summed E-state index contributed by atoms with van der Waals surface area (Å²) in [6.07, 6.45) is -0.0912. The van der Waals surface area contributed by atoms with E-state index in [1.165, 1.54) is 5.56 Å². The molecular weight excluding hydrogens is 405 g/mol. The van der Waals surface area contributed by atoms with Gasteiger partial charge in [-0.1, -0.05) is 42.5 Å². The average molecular weight is 429 g/mol. The predicted octanol–water partition coefficient (Wildman–Crippen LogP) is 5.45. The summed E-state index contributed by atoms with van der Waals surface area (Å²) < 4.78 is 13.5. The molecule has 5 nitrogen and oxygen atoms in total. The van der Waals surface area contributed by atoms with E-state index in [4.69, 9.17) is 0 Å². The molecular formula is C26H24FN3O2. The molecule has 1 aliphatic rings. The van der Waals surface area contributed by atoms with Crippen molar-refractivity contribution in [3.63, 3.8) is 0 Å². The fourth-order valence-corrected chi connectivity index (χ4v) is 4.46. The first kappa shape index (κ1) is 20.4. The number of imidazole rings is 1. The van der Waals surface area contributed by atoms with E-state index in [9.17, 15) is 14.3 Å². The number of hydrogen-bond acceptors (Lipinski definition) is 3. The summed E-state index contributed by atoms with van der Waals surface area (Å²) >= 11 is 0. The SMILES string of the molecule is Cc1nc2c(C(=O)O)cc(-c3ccc(-c4cccc(CN5CCC(F)C5)c4)cc3)cc2[nH]1. The number of aromatic carboxylic acids is 1. The minimum atomic E-state index is -0.992. The number of aryl methyl sites for hydroxylation is 1. The molecule has 0 amide bonds. The van der Waals surface area contributed by atoms with Crippen molar-refractivity contribution in [1.82, 2.24) is 14.9 Å². The van der Waals surface area contributed by atoms with Crippen LogP contribution in [0.25, 0.3) is 33.3 Å². The van der Waals surface area contributed by atoms with E-state index in [1.807, 2.05) is 43.3 Å². The summed E-state index contributed by atoms with van der Waals surface area (Å²) in [6.45, 7) is 3.89. The Morgan fingerprint density at radius 1 is 1.09 bits per heavy atom. The van der Waals surface area contributed by atoms with Gasteiger partial charge in [-0.05, 0) is 59.4 Å². The number of alkyl halides is 1. The number of H-pyrrole nitrogens is 1. The first-order valence-electron chi connectivity index (χ1n) is 10.8. The van der Waals surface area contributed by atoms with Gasteiger partial charge in [-0.15, -0.1) is 0 Å². The zero-order valence-electron chi connectivity index (χ0n) is 17.8. The number of aromatic nitrogens is 2. The minimum absolute atomic E-state index is 0.191. The Bertz CT molecular complexity index is 1300. The number of nitrogens with zero attached hydrogens (tertiary/aromatic N) is 2. The molecule has 6 heteroatoms. The second-order valence-corrected chi connectivity index (χ2v) is 8.45. The van der Waals surface area contributed by atoms with Crippen molar-refractivity contribution in [2.24, 2.45) is 0 Å². The van der Waals surface area contributed by atoms with Crippen LogP contribution in [0.1, 0.15) is 28.2 Å². The average Bonchev–Trinajstić information content (AvgIpc) is 3.37. The van der Waals surface area contributed by atoms with E-state index in [1.54, 1.807) is 6.07 Å². The third kappa shape index (κ3) is 4.01. The van der Waals surface area contributed by atoms with Crippen LogP contribution in [0.2, 0.25) is 0 Å². The van der Waals surface area contributed by atoms with E-state index < -0.39 is 12.1 Å². The number of hydrogen-bond donors (Lipinski definition) is 2. The number of likely N-dealkylation sites (tertiary alicyclic amines) is 1. The molecule has 1 aromatic heterocycles. The minimum Gasteiger partial charge on any atom is -0.478 e. The van der Waals surface area contributed by atoms with Crippen molar-refractivity contribution < 1.29 is 14.3 Å². The van der Waals surface area contributed by atoms with E-state index in [-0.39, 0.29) is 5.56 Å². The highest BCUT2D eigenvalue weighted by Crippen LogP contribution is 2.30. The number of carboxylic acids is 1. The highest BCUT2D eigenvalue weighted by molar-refractivity contribution is 6.03. The Labute approximate surface area is 185 Å². The number of fused-ring (bicyclic) bond motifs is 1. The van der Waals surface area contributed by atoms with E-state index in [0.717, 1.165) is 35.3 Å². The van der Waals surface area contributed by atoms with Gasteiger partial charge in [-0.2, -0.15) is 0 Å². The molecule has 2 heterocycles. The third-order valence-corrected chi connectivity index (χ3v) is 6.04. The van der Waals surface area contributed by atoms with E-state index in [2.05, 4.69) is 33.1 Å². The summed E-state index contributed by atoms with van der Waals surface area (Å²) in [7, 11) is 0. The Balaban J connectivity index is 1.42. The van der Waals surface area contributed by atoms with Gasteiger partial charge in [0, 0.05) is 19.6 Å². The van der Waals surface area contributed by atoms with E-state index in [0.29, 0.717) is 29.8 Å². The maximum absolute atomic E-state index is 13.5. The molecule has 4 aromatic rings. The van der Waals surface area contributed by atoms with Gasteiger partial charge < -0.3 is 10.1 Å². The first-order chi connectivity index (χ1) is 15.5. The lowest BCUT2D eigenvalue weighted by atomic mass is 9.97. The lowest BCUT2D eigenvalue weighted by Crippen LogP contribution is -2.20. The van der Waals surface area contributed by atoms with Gasteiger partial charge >= 0.3 is 5.97 Å². The first-order valence-corrected chi connectivity index (χ1v) is 10.8. The van der Waals surface area contributed by atoms with Crippen LogP contribution >= 0.6 is 0 Å². The molecule has 3 aromatic carbocycles. The molecule has 162 valence electrons. The Hall–Kier alpha value is -3.51. The van der Waals surface area contributed by atoms with Crippen molar-refractivity contribution in [3.05, 3.63) is 77.6 Å². The molecule has 1 atom stereocenters. The molecule has 0 spiro atoms. The standard InChI is InChI=1S/C26H24FN3O2/c1-16-28-24-13-21(12-23(26(31)32)25(24)29-16)19-7-5-18(6-8-19)20-4-2-3-17(11-20)14-30-10-9-22(27)15-30/h2-8,11-13,22H,9-10,14-15H2,1H3,(H,28,29)(H,31,32). The number of carboxylic acid groups (broad SMARTS) is 1. The van der Waals surface area contributed by atoms with Gasteiger partial charge in [0.25, 0.3) is 0 Å². The summed E-state index contributed by atoms with van der Waals surface area (Å²) in [5, 5.41) is 9.62. The summed E-state index contributed by atoms with van der Waals surface area (Å²) in [4.78, 5) is 21.3. The summed E-state index contributed by atoms with van der Waals surface area (Å²) in [5.74, 6) is -0.306. The number of aromatic amines is 1. The van der Waals surface area contributed by atoms with Gasteiger partial charge in [-0.25, -0.2) is 14.2 Å². The maximum atomic E-state index is 13.5. The fourth-order valence-electron chi connectivity index (χ4n) is 4.46. The molecule has 0 saturated carbocycles. The van der Waals surface area contributed by atoms with E-state index >= 15 is 0 Å². The highest BCUT2D eigenvalue weighted by Gasteiger charge is 2.21. The van der Waals surface area contributed by atoms with Crippen LogP contribution in [0, 0.1) is 6.92 Å². The largest absolute Gasteiger partial charge is 0.478 e. The quantitative estimate of drug-likeness (QED) is 0.443. The van der Waals surface area contributed by atoms with Crippen LogP contribution in [-0.4, -0.2) is 45.2 Å². The van der Waals surface area contributed by atoms with Crippen LogP contribution < -0.4 is 0 Å². The number of rotatable bonds is 5. The lowest BCUT2D eigenvalue weighted by Gasteiger charge is -2.15. The maximum Gasteiger partial charge on any atom is 0.337 e. The second kappa shape index (κ2) is 8.20. The van der Waals surface area contributed by atoms with Crippen LogP contribution in [0.3, 0.4) is 0 Å². The van der Waals surface area contributed by atoms with Crippen molar-refractivity contribution in [1.29, 1.82) is 0 Å². The van der Waals surface area contributed by atoms with Gasteiger partial charge in [0.05, 0.1) is 11.1 Å². The van der Waals surface area contributed by atoms with Gasteiger partial charge in [-0.3, -0.25) is 4.90 Å². The topological polar surface area (TPSA) is 69.2 Å². The Morgan fingerprint density at radius 2 is 1.84 bits per heavy atom. The summed E-state index contributed by atoms with van der Waals surface area (Å²) in [5.41, 5.74) is 6.51. The second-order valence-electron chi connectivity index (χ2n) is 8.45. The molecule has 0 radical (unpaired) electrons. The molecule has 0 aliphatic carbocycles. The molecule has 32 heavy (non-hydrogen) atoms. The number of carbonyl (C=O) groups is 1. The smallest absolute Gasteiger partial charge is 0.337 e. The third-order valence-electron chi connectivity index (χ3n) is 6.04. The van der Waals surface area contributed by atoms with Gasteiger partial charge in [0.2, 0.25) is 0 Å². The van der Waals surface area contributed by atoms with Crippen molar-refractivity contribution >= 4 is 17.0 Å². The van der Waals surface area contributed by atoms with Crippen molar-refractivity contribution in [2.75, 3.05) is 13.1 Å². The van der Waals surface area contributed by atoms with Crippen LogP contribution in [0.15, 0.2) is 60.7 Å². The Kier molecular flexibility index (Phi) is 5.23. The normalized spacial score (nSPS) is 16.6.